The van der Waals surface area contributed by atoms with Crippen LogP contribution in [0.15, 0.2) is 18.2 Å². The van der Waals surface area contributed by atoms with E-state index >= 15 is 0 Å². The van der Waals surface area contributed by atoms with Gasteiger partial charge in [-0.3, -0.25) is 9.36 Å². The third kappa shape index (κ3) is 5.90. The Bertz CT molecular complexity index is 593. The van der Waals surface area contributed by atoms with E-state index in [1.54, 1.807) is 6.08 Å². The highest BCUT2D eigenvalue weighted by atomic mass is 31.1. The van der Waals surface area contributed by atoms with Crippen LogP contribution < -0.4 is 0 Å². The van der Waals surface area contributed by atoms with Crippen molar-refractivity contribution < 1.29 is 23.9 Å². The highest BCUT2D eigenvalue weighted by molar-refractivity contribution is 7.32. The normalized spacial score (nSPS) is 15.4. The van der Waals surface area contributed by atoms with E-state index < -0.39 is 14.9 Å². The summed E-state index contributed by atoms with van der Waals surface area (Å²) < 4.78 is 14.9. The lowest BCUT2D eigenvalue weighted by molar-refractivity contribution is -0.116. The molecule has 2 N–H and O–H groups in total. The van der Waals surface area contributed by atoms with Gasteiger partial charge >= 0.3 is 8.25 Å². The molecule has 0 aliphatic carbocycles. The summed E-state index contributed by atoms with van der Waals surface area (Å²) in [4.78, 5) is 20.2. The van der Waals surface area contributed by atoms with Gasteiger partial charge in [0.25, 0.3) is 0 Å². The minimum Gasteiger partial charge on any atom is -0.507 e. The third-order valence-electron chi connectivity index (χ3n) is 4.28. The molecule has 0 aliphatic rings. The van der Waals surface area contributed by atoms with Gasteiger partial charge in [0.15, 0.2) is 5.78 Å². The van der Waals surface area contributed by atoms with Crippen molar-refractivity contribution in [2.24, 2.45) is 0 Å². The number of carbonyl (C=O) groups excluding carboxylic acids is 1. The van der Waals surface area contributed by atoms with Crippen LogP contribution in [0.1, 0.15) is 69.1 Å². The summed E-state index contributed by atoms with van der Waals surface area (Å²) in [6.45, 7) is 7.82. The Hall–Kier alpha value is -1.42. The Labute approximate surface area is 144 Å². The van der Waals surface area contributed by atoms with Crippen LogP contribution in [0.2, 0.25) is 0 Å². The van der Waals surface area contributed by atoms with E-state index in [4.69, 9.17) is 4.89 Å². The first-order valence-corrected chi connectivity index (χ1v) is 9.49. The van der Waals surface area contributed by atoms with Crippen molar-refractivity contribution in [1.82, 2.24) is 0 Å². The van der Waals surface area contributed by atoms with Crippen LogP contribution in [0.25, 0.3) is 6.08 Å². The van der Waals surface area contributed by atoms with Crippen LogP contribution in [0.5, 0.6) is 5.75 Å². The number of phenolic OH excluding ortho intramolecular Hbond substituents is 1. The van der Waals surface area contributed by atoms with Crippen molar-refractivity contribution in [3.63, 3.8) is 0 Å². The average Bonchev–Trinajstić information content (AvgIpc) is 2.57. The molecule has 1 aromatic rings. The number of carbonyl (C=O) groups is 1. The van der Waals surface area contributed by atoms with Gasteiger partial charge in [-0.2, -0.15) is 0 Å². The predicted molar refractivity (Wildman–Crippen MR) is 96.7 cm³/mol. The first kappa shape index (κ1) is 20.6. The van der Waals surface area contributed by atoms with Crippen LogP contribution in [-0.4, -0.2) is 22.4 Å². The fourth-order valence-electron chi connectivity index (χ4n) is 2.36. The van der Waals surface area contributed by atoms with Crippen molar-refractivity contribution in [1.29, 1.82) is 0 Å². The third-order valence-corrected chi connectivity index (χ3v) is 4.67. The van der Waals surface area contributed by atoms with E-state index in [0.29, 0.717) is 5.75 Å². The molecule has 5 nitrogen and oxygen atoms in total. The summed E-state index contributed by atoms with van der Waals surface area (Å²) in [5.41, 5.74) is 2.57. The van der Waals surface area contributed by atoms with Gasteiger partial charge in [0, 0.05) is 0 Å². The van der Waals surface area contributed by atoms with E-state index in [9.17, 15) is 14.5 Å². The molecular formula is C18H27O5P. The Balaban J connectivity index is 3.14. The summed E-state index contributed by atoms with van der Waals surface area (Å²) in [7, 11) is -3.10. The molecule has 0 amide bonds. The second-order valence-corrected chi connectivity index (χ2v) is 6.84. The van der Waals surface area contributed by atoms with Crippen LogP contribution in [0, 0.1) is 0 Å². The maximum Gasteiger partial charge on any atom is 0.317 e. The van der Waals surface area contributed by atoms with Gasteiger partial charge in [0.05, 0.1) is 0 Å². The summed E-state index contributed by atoms with van der Waals surface area (Å²) >= 11 is 0. The zero-order valence-electron chi connectivity index (χ0n) is 14.7. The molecule has 1 aromatic carbocycles. The molecule has 0 aliphatic heterocycles. The van der Waals surface area contributed by atoms with Gasteiger partial charge in [0.2, 0.25) is 0 Å². The van der Waals surface area contributed by atoms with Gasteiger partial charge in [-0.1, -0.05) is 33.8 Å². The molecule has 3 atom stereocenters. The maximum absolute atomic E-state index is 11.6. The van der Waals surface area contributed by atoms with Crippen molar-refractivity contribution in [3.05, 3.63) is 34.9 Å². The minimum atomic E-state index is -3.10. The largest absolute Gasteiger partial charge is 0.507 e. The quantitative estimate of drug-likeness (QED) is 0.507. The molecule has 0 fully saturated rings. The number of phenols is 1. The molecule has 0 bridgehead atoms. The second kappa shape index (κ2) is 9.77. The number of benzene rings is 1. The number of hydrogen-bond donors (Lipinski definition) is 2. The lowest BCUT2D eigenvalue weighted by atomic mass is 9.88. The van der Waals surface area contributed by atoms with Crippen LogP contribution in [-0.2, 0) is 13.9 Å². The molecule has 6 heteroatoms. The van der Waals surface area contributed by atoms with E-state index in [-0.39, 0.29) is 17.6 Å². The number of hydrogen-bond acceptors (Lipinski definition) is 4. The van der Waals surface area contributed by atoms with Crippen molar-refractivity contribution in [2.75, 3.05) is 6.61 Å². The fourth-order valence-corrected chi connectivity index (χ4v) is 2.63. The molecule has 0 heterocycles. The first-order chi connectivity index (χ1) is 11.3. The van der Waals surface area contributed by atoms with E-state index in [0.717, 1.165) is 29.5 Å². The first-order valence-electron chi connectivity index (χ1n) is 8.23. The molecule has 0 spiro atoms. The van der Waals surface area contributed by atoms with Crippen molar-refractivity contribution >= 4 is 20.1 Å². The van der Waals surface area contributed by atoms with Crippen LogP contribution >= 0.6 is 8.25 Å². The number of ketones is 1. The van der Waals surface area contributed by atoms with Gasteiger partial charge < -0.3 is 14.5 Å². The standard InChI is InChI=1S/C18H27O5P/c1-5-12(3)16-9-14(7-8-15(19)11-23-24(21)22)10-17(18(16)20)13(4)6-2/h7-10,12-13,20,24H,5-6,11H2,1-4H3,(H,21,22). The van der Waals surface area contributed by atoms with Gasteiger partial charge in [-0.15, -0.1) is 0 Å². The second-order valence-electron chi connectivity index (χ2n) is 6.02. The summed E-state index contributed by atoms with van der Waals surface area (Å²) in [5.74, 6) is 0.371. The molecule has 3 unspecified atom stereocenters. The lowest BCUT2D eigenvalue weighted by Crippen LogP contribution is -2.02. The number of aromatic hydroxyl groups is 1. The summed E-state index contributed by atoms with van der Waals surface area (Å²) in [6, 6.07) is 3.77. The van der Waals surface area contributed by atoms with Gasteiger partial charge in [-0.25, -0.2) is 0 Å². The molecule has 134 valence electrons. The lowest BCUT2D eigenvalue weighted by Gasteiger charge is -2.19. The Kier molecular flexibility index (Phi) is 8.40. The van der Waals surface area contributed by atoms with E-state index in [1.165, 1.54) is 6.08 Å². The zero-order chi connectivity index (χ0) is 18.3. The summed E-state index contributed by atoms with van der Waals surface area (Å²) in [5, 5.41) is 10.6. The Morgan fingerprint density at radius 1 is 1.21 bits per heavy atom. The van der Waals surface area contributed by atoms with Crippen molar-refractivity contribution in [2.45, 2.75) is 52.4 Å². The smallest absolute Gasteiger partial charge is 0.317 e. The van der Waals surface area contributed by atoms with Gasteiger partial charge in [0.1, 0.15) is 12.4 Å². The van der Waals surface area contributed by atoms with E-state index in [1.807, 2.05) is 12.1 Å². The van der Waals surface area contributed by atoms with Crippen LogP contribution in [0.4, 0.5) is 0 Å². The molecule has 1 rings (SSSR count). The SMILES string of the molecule is CCC(C)c1cc(C=CC(=O)CO[PH](=O)O)cc(C(C)CC)c1O. The minimum absolute atomic E-state index is 0.209. The zero-order valence-corrected chi connectivity index (χ0v) is 15.7. The Morgan fingerprint density at radius 3 is 2.12 bits per heavy atom. The molecule has 0 aromatic heterocycles. The number of rotatable bonds is 9. The monoisotopic (exact) mass is 354 g/mol. The summed E-state index contributed by atoms with van der Waals surface area (Å²) in [6.07, 6.45) is 4.78. The van der Waals surface area contributed by atoms with Crippen LogP contribution in [0.3, 0.4) is 0 Å². The average molecular weight is 354 g/mol. The predicted octanol–water partition coefficient (Wildman–Crippen LogP) is 4.40. The molecule has 0 saturated heterocycles. The van der Waals surface area contributed by atoms with E-state index in [2.05, 4.69) is 32.2 Å². The highest BCUT2D eigenvalue weighted by Crippen LogP contribution is 2.37. The Morgan fingerprint density at radius 2 is 1.71 bits per heavy atom. The maximum atomic E-state index is 11.6. The van der Waals surface area contributed by atoms with Gasteiger partial charge in [-0.05, 0) is 59.6 Å². The topological polar surface area (TPSA) is 83.8 Å². The molecule has 0 radical (unpaired) electrons. The fraction of sp³-hybridized carbons (Fsp3) is 0.500. The molecular weight excluding hydrogens is 327 g/mol. The molecule has 24 heavy (non-hydrogen) atoms. The van der Waals surface area contributed by atoms with Crippen molar-refractivity contribution in [3.8, 4) is 5.75 Å². The highest BCUT2D eigenvalue weighted by Gasteiger charge is 2.17. The molecule has 0 saturated carbocycles.